The molecule has 114 heavy (non-hydrogen) atoms. The SMILES string of the molecule is Cc1ccc(C2=N[C@@H](CC(=O)NCCOCCOCCOCC(=O)N[C@H](C(=O)N3C[C@H](OCNC(=O)OCc4ccc(NC(=O)[C@H](CCCNC(N)=O)NC(=O)C5(C(=O)NCCCCCN6C(=O)C=CC6=O)CCC5)cc4)C[C@H]3C(=O)NCc3ccc(-c4scnc4C)cc3)C(C)(C)C)c3nnc(C)n3-c3sc(C)c(C)c32)cc1. The van der Waals surface area contributed by atoms with Crippen molar-refractivity contribution in [3.63, 3.8) is 0 Å². The molecule has 3 aromatic heterocycles. The van der Waals surface area contributed by atoms with Gasteiger partial charge in [0.25, 0.3) is 11.8 Å². The standard InChI is InChI=1S/C80H102N16O16S2/c1-48-15-21-55(22-16-48)67-66-49(2)51(4)114-74(66)96-52(5)92-93-70(96)60(89-67)41-62(97)82-33-35-108-36-37-109-38-39-110-45-63(98)91-69(79(6,7)8)73(103)95-43-58(40-61(95)72(102)85-42-53-17-23-56(24-18-53)68-50(3)87-47-113-68)112-46-86-78(107)111-44-54-19-25-57(26-20-54)88-71(101)59(14-12-32-84-77(81)106)90-76(105)80(29-13-30-80)75(104)83-31-10-9-11-34-94-64(99)27-28-65(94)100/h15-28,47,58-61,69H,9-14,29-46H2,1-8H3,(H,82,97)(H,83,104)(H,85,102)(H,86,107)(H,88,101)(H,90,105)(H,91,98)(H3,81,84,106)/t58-,59+,60+,61+,69-/m1/s1. The van der Waals surface area contributed by atoms with Gasteiger partial charge in [-0.2, -0.15) is 0 Å². The molecule has 0 spiro atoms. The molecule has 32 nitrogen and oxygen atoms in total. The number of thiophene rings is 1. The summed E-state index contributed by atoms with van der Waals surface area (Å²) in [5.74, 6) is -2.87. The van der Waals surface area contributed by atoms with Crippen LogP contribution in [0.5, 0.6) is 0 Å². The summed E-state index contributed by atoms with van der Waals surface area (Å²) in [6, 6.07) is 17.7. The number of fused-ring (bicyclic) bond motifs is 3. The summed E-state index contributed by atoms with van der Waals surface area (Å²) in [4.78, 5) is 160. The molecule has 3 aromatic carbocycles. The van der Waals surface area contributed by atoms with E-state index in [1.54, 1.807) is 61.9 Å². The zero-order chi connectivity index (χ0) is 81.6. The molecule has 0 unspecified atom stereocenters. The molecular formula is C80H102N16O16S2. The van der Waals surface area contributed by atoms with E-state index < -0.39 is 95.3 Å². The number of nitrogens with two attached hydrogens (primary N) is 1. The molecule has 0 bridgehead atoms. The molecule has 4 aliphatic rings. The summed E-state index contributed by atoms with van der Waals surface area (Å²) in [6.45, 7) is 16.3. The van der Waals surface area contributed by atoms with Gasteiger partial charge in [-0.3, -0.25) is 62.9 Å². The van der Waals surface area contributed by atoms with Crippen LogP contribution in [0.25, 0.3) is 15.4 Å². The lowest BCUT2D eigenvalue weighted by Gasteiger charge is -2.39. The highest BCUT2D eigenvalue weighted by Gasteiger charge is 2.52. The number of carbonyl (C=O) groups excluding carboxylic acids is 11. The molecule has 1 saturated carbocycles. The first-order valence-electron chi connectivity index (χ1n) is 38.3. The van der Waals surface area contributed by atoms with E-state index in [9.17, 15) is 52.7 Å². The number of aliphatic imine (C=N–C) groups is 1. The first kappa shape index (κ1) is 85.8. The van der Waals surface area contributed by atoms with Gasteiger partial charge in [-0.25, -0.2) is 14.6 Å². The van der Waals surface area contributed by atoms with Crippen LogP contribution in [0, 0.1) is 45.4 Å². The minimum Gasteiger partial charge on any atom is -0.445 e. The number of carbonyl (C=O) groups is 11. The van der Waals surface area contributed by atoms with Crippen molar-refractivity contribution in [2.45, 2.75) is 163 Å². The van der Waals surface area contributed by atoms with Crippen LogP contribution in [0.2, 0.25) is 0 Å². The van der Waals surface area contributed by atoms with E-state index in [1.807, 2.05) is 49.6 Å². The Balaban J connectivity index is 0.657. The van der Waals surface area contributed by atoms with Gasteiger partial charge in [0.2, 0.25) is 41.4 Å². The van der Waals surface area contributed by atoms with E-state index in [0.717, 1.165) is 64.4 Å². The van der Waals surface area contributed by atoms with Gasteiger partial charge in [-0.15, -0.1) is 32.9 Å². The fourth-order valence-corrected chi connectivity index (χ4v) is 15.6. The van der Waals surface area contributed by atoms with E-state index in [2.05, 4.69) is 95.8 Å². The van der Waals surface area contributed by atoms with Crippen LogP contribution in [0.4, 0.5) is 15.3 Å². The molecule has 5 atom stereocenters. The van der Waals surface area contributed by atoms with Crippen molar-refractivity contribution < 1.29 is 76.4 Å². The van der Waals surface area contributed by atoms with Crippen molar-refractivity contribution in [2.75, 3.05) is 84.4 Å². The van der Waals surface area contributed by atoms with Crippen LogP contribution in [0.1, 0.15) is 147 Å². The number of alkyl carbamates (subject to hydrolysis) is 1. The predicted molar refractivity (Wildman–Crippen MR) is 425 cm³/mol. The molecule has 0 radical (unpaired) electrons. The minimum atomic E-state index is -1.39. The Hall–Kier alpha value is -10.7. The number of nitrogens with zero attached hydrogens (tertiary/aromatic N) is 7. The van der Waals surface area contributed by atoms with Gasteiger partial charge in [-0.1, -0.05) is 93.4 Å². The molecular weight excluding hydrogens is 1510 g/mol. The highest BCUT2D eigenvalue weighted by Crippen LogP contribution is 2.43. The van der Waals surface area contributed by atoms with Crippen molar-refractivity contribution in [1.82, 2.24) is 66.8 Å². The maximum Gasteiger partial charge on any atom is 0.409 e. The van der Waals surface area contributed by atoms with Gasteiger partial charge < -0.3 is 71.5 Å². The third-order valence-corrected chi connectivity index (χ3v) is 22.4. The number of benzene rings is 3. The number of amides is 12. The molecule has 610 valence electrons. The maximum atomic E-state index is 14.8. The fraction of sp³-hybridized carbons (Fsp3) is 0.487. The average Bonchev–Trinajstić information content (AvgIpc) is 1.55. The number of nitrogens with one attached hydrogen (secondary N) is 8. The second-order valence-electron chi connectivity index (χ2n) is 29.6. The lowest BCUT2D eigenvalue weighted by molar-refractivity contribution is -0.151. The molecule has 34 heteroatoms. The molecule has 6 heterocycles. The number of hydrogen-bond donors (Lipinski definition) is 9. The highest BCUT2D eigenvalue weighted by molar-refractivity contribution is 7.15. The Morgan fingerprint density at radius 2 is 1.39 bits per heavy atom. The highest BCUT2D eigenvalue weighted by atomic mass is 32.1. The molecule has 1 saturated heterocycles. The Morgan fingerprint density at radius 1 is 0.711 bits per heavy atom. The Morgan fingerprint density at radius 3 is 2.07 bits per heavy atom. The van der Waals surface area contributed by atoms with Gasteiger partial charge in [0.1, 0.15) is 60.4 Å². The lowest BCUT2D eigenvalue weighted by atomic mass is 9.67. The molecule has 10 rings (SSSR count). The van der Waals surface area contributed by atoms with Gasteiger partial charge in [0.15, 0.2) is 5.82 Å². The van der Waals surface area contributed by atoms with E-state index in [-0.39, 0.29) is 142 Å². The number of aromatic nitrogens is 4. The number of likely N-dealkylation sites (tertiary alicyclic amines) is 1. The number of rotatable bonds is 40. The summed E-state index contributed by atoms with van der Waals surface area (Å²) >= 11 is 3.18. The molecule has 6 aromatic rings. The fourth-order valence-electron chi connectivity index (χ4n) is 13.5. The van der Waals surface area contributed by atoms with E-state index in [4.69, 9.17) is 34.4 Å². The van der Waals surface area contributed by atoms with Crippen LogP contribution in [0.3, 0.4) is 0 Å². The van der Waals surface area contributed by atoms with Crippen molar-refractivity contribution in [3.8, 4) is 15.4 Å². The number of imide groups is 1. The smallest absolute Gasteiger partial charge is 0.409 e. The zero-order valence-electron chi connectivity index (χ0n) is 65.6. The summed E-state index contributed by atoms with van der Waals surface area (Å²) in [5, 5.41) is 32.1. The topological polar surface area (TPSA) is 419 Å². The number of hydrogen-bond acceptors (Lipinski definition) is 22. The van der Waals surface area contributed by atoms with Crippen LogP contribution in [-0.4, -0.2) is 204 Å². The normalized spacial score (nSPS) is 16.6. The number of urea groups is 1. The summed E-state index contributed by atoms with van der Waals surface area (Å²) in [7, 11) is 0. The summed E-state index contributed by atoms with van der Waals surface area (Å²) in [5.41, 5.74) is 13.4. The van der Waals surface area contributed by atoms with Crippen LogP contribution >= 0.6 is 22.7 Å². The first-order chi connectivity index (χ1) is 54.7. The monoisotopic (exact) mass is 1610 g/mol. The number of ether oxygens (including phenoxy) is 5. The summed E-state index contributed by atoms with van der Waals surface area (Å²) in [6.07, 6.45) is 4.14. The molecule has 1 aliphatic carbocycles. The minimum absolute atomic E-state index is 0.0426. The Kier molecular flexibility index (Phi) is 30.4. The largest absolute Gasteiger partial charge is 0.445 e. The van der Waals surface area contributed by atoms with Crippen LogP contribution in [-0.2, 0) is 80.0 Å². The van der Waals surface area contributed by atoms with E-state index in [1.165, 1.54) is 28.4 Å². The Labute approximate surface area is 669 Å². The average molecular weight is 1610 g/mol. The quantitative estimate of drug-likeness (QED) is 0.00867. The predicted octanol–water partition coefficient (Wildman–Crippen LogP) is 6.41. The molecule has 3 aliphatic heterocycles. The zero-order valence-corrected chi connectivity index (χ0v) is 67.2. The van der Waals surface area contributed by atoms with E-state index >= 15 is 0 Å². The first-order valence-corrected chi connectivity index (χ1v) is 40.0. The summed E-state index contributed by atoms with van der Waals surface area (Å²) < 4.78 is 30.7. The van der Waals surface area contributed by atoms with Gasteiger partial charge in [0.05, 0.1) is 67.4 Å². The molecule has 12 amide bonds. The van der Waals surface area contributed by atoms with Gasteiger partial charge in [0, 0.05) is 79.5 Å². The number of thiazole rings is 1. The third kappa shape index (κ3) is 22.8. The van der Waals surface area contributed by atoms with E-state index in [0.29, 0.717) is 48.6 Å². The number of anilines is 1. The lowest BCUT2D eigenvalue weighted by Crippen LogP contribution is -2.58. The van der Waals surface area contributed by atoms with Crippen molar-refractivity contribution in [2.24, 2.45) is 21.6 Å². The van der Waals surface area contributed by atoms with Crippen LogP contribution in [0.15, 0.2) is 95.5 Å². The molecule has 10 N–H and O–H groups in total. The second-order valence-corrected chi connectivity index (χ2v) is 31.7. The third-order valence-electron chi connectivity index (χ3n) is 20.2. The Bertz CT molecular complexity index is 4470. The van der Waals surface area contributed by atoms with Crippen LogP contribution < -0.4 is 48.3 Å². The van der Waals surface area contributed by atoms with Crippen molar-refractivity contribution in [1.29, 1.82) is 0 Å². The second kappa shape index (κ2) is 40.4. The number of primary amides is 1. The van der Waals surface area contributed by atoms with Gasteiger partial charge in [-0.05, 0) is 119 Å². The van der Waals surface area contributed by atoms with Gasteiger partial charge >= 0.3 is 12.1 Å². The van der Waals surface area contributed by atoms with Crippen molar-refractivity contribution in [3.05, 3.63) is 146 Å². The van der Waals surface area contributed by atoms with Crippen molar-refractivity contribution >= 4 is 99.4 Å². The maximum absolute atomic E-state index is 14.8. The number of aryl methyl sites for hydroxylation is 4. The molecule has 2 fully saturated rings. The number of unbranched alkanes of at least 4 members (excludes halogenated alkanes) is 2.